The summed E-state index contributed by atoms with van der Waals surface area (Å²) in [7, 11) is 0. The molecule has 0 spiro atoms. The van der Waals surface area contributed by atoms with E-state index in [-0.39, 0.29) is 6.10 Å². The van der Waals surface area contributed by atoms with E-state index >= 15 is 0 Å². The molecule has 0 aromatic heterocycles. The van der Waals surface area contributed by atoms with E-state index < -0.39 is 0 Å². The highest BCUT2D eigenvalue weighted by atomic mass is 16.3. The Kier molecular flexibility index (Phi) is 3.66. The van der Waals surface area contributed by atoms with Crippen molar-refractivity contribution in [1.82, 2.24) is 0 Å². The van der Waals surface area contributed by atoms with Crippen LogP contribution in [0.25, 0.3) is 0 Å². The maximum absolute atomic E-state index is 10.8. The first kappa shape index (κ1) is 14.1. The summed E-state index contributed by atoms with van der Waals surface area (Å²) >= 11 is 0. The number of benzene rings is 1. The van der Waals surface area contributed by atoms with Gasteiger partial charge in [0.05, 0.1) is 6.10 Å². The van der Waals surface area contributed by atoms with E-state index in [4.69, 9.17) is 0 Å². The van der Waals surface area contributed by atoms with Crippen LogP contribution in [0.5, 0.6) is 0 Å². The summed E-state index contributed by atoms with van der Waals surface area (Å²) in [5.41, 5.74) is 6.43. The molecule has 20 heavy (non-hydrogen) atoms. The average molecular weight is 272 g/mol. The molecule has 2 aliphatic carbocycles. The van der Waals surface area contributed by atoms with Crippen LogP contribution in [0.3, 0.4) is 0 Å². The van der Waals surface area contributed by atoms with Crippen molar-refractivity contribution in [2.45, 2.75) is 65.9 Å². The van der Waals surface area contributed by atoms with Crippen LogP contribution in [-0.4, -0.2) is 5.11 Å². The van der Waals surface area contributed by atoms with Crippen LogP contribution in [0.15, 0.2) is 6.07 Å². The Bertz CT molecular complexity index is 491. The first-order chi connectivity index (χ1) is 9.47. The SMILES string of the molecule is Cc1cc(C)c(C)c(C(O)CC2CC3CCC2C3)c1C. The fourth-order valence-electron chi connectivity index (χ4n) is 4.82. The van der Waals surface area contributed by atoms with Gasteiger partial charge in [0.1, 0.15) is 0 Å². The minimum atomic E-state index is -0.266. The summed E-state index contributed by atoms with van der Waals surface area (Å²) in [6, 6.07) is 2.25. The van der Waals surface area contributed by atoms with Gasteiger partial charge in [0.15, 0.2) is 0 Å². The third kappa shape index (κ3) is 2.30. The Balaban J connectivity index is 1.82. The monoisotopic (exact) mass is 272 g/mol. The van der Waals surface area contributed by atoms with Crippen molar-refractivity contribution in [2.24, 2.45) is 17.8 Å². The Hall–Kier alpha value is -0.820. The molecular weight excluding hydrogens is 244 g/mol. The topological polar surface area (TPSA) is 20.2 Å². The maximum Gasteiger partial charge on any atom is 0.0798 e. The van der Waals surface area contributed by atoms with Gasteiger partial charge in [-0.05, 0) is 98.9 Å². The molecular formula is C19H28O. The van der Waals surface area contributed by atoms with Gasteiger partial charge in [0, 0.05) is 0 Å². The fourth-order valence-corrected chi connectivity index (χ4v) is 4.82. The zero-order valence-corrected chi connectivity index (χ0v) is 13.4. The second-order valence-electron chi connectivity index (χ2n) is 7.36. The second-order valence-corrected chi connectivity index (χ2v) is 7.36. The number of aryl methyl sites for hydroxylation is 2. The normalized spacial score (nSPS) is 29.9. The maximum atomic E-state index is 10.8. The van der Waals surface area contributed by atoms with Crippen molar-refractivity contribution >= 4 is 0 Å². The van der Waals surface area contributed by atoms with Gasteiger partial charge >= 0.3 is 0 Å². The summed E-state index contributed by atoms with van der Waals surface area (Å²) < 4.78 is 0. The molecule has 4 unspecified atom stereocenters. The van der Waals surface area contributed by atoms with Gasteiger partial charge in [0.2, 0.25) is 0 Å². The van der Waals surface area contributed by atoms with Crippen molar-refractivity contribution in [3.05, 3.63) is 33.9 Å². The Morgan fingerprint density at radius 3 is 2.20 bits per heavy atom. The summed E-state index contributed by atoms with van der Waals surface area (Å²) in [6.45, 7) is 8.66. The van der Waals surface area contributed by atoms with Crippen molar-refractivity contribution < 1.29 is 5.11 Å². The minimum Gasteiger partial charge on any atom is -0.388 e. The van der Waals surface area contributed by atoms with Crippen LogP contribution in [0, 0.1) is 45.4 Å². The lowest BCUT2D eigenvalue weighted by Gasteiger charge is -2.27. The molecule has 0 amide bonds. The van der Waals surface area contributed by atoms with Gasteiger partial charge in [-0.1, -0.05) is 12.5 Å². The molecule has 1 N–H and O–H groups in total. The number of hydrogen-bond donors (Lipinski definition) is 1. The molecule has 0 heterocycles. The standard InChI is InChI=1S/C19H28O/c1-11-7-12(2)14(4)19(13(11)3)18(20)10-17-9-15-5-6-16(17)8-15/h7,15-18,20H,5-6,8-10H2,1-4H3. The van der Waals surface area contributed by atoms with E-state index in [0.717, 1.165) is 24.2 Å². The predicted octanol–water partition coefficient (Wildman–Crippen LogP) is 4.78. The molecule has 1 heteroatoms. The van der Waals surface area contributed by atoms with E-state index in [9.17, 15) is 5.11 Å². The van der Waals surface area contributed by atoms with Gasteiger partial charge in [-0.2, -0.15) is 0 Å². The quantitative estimate of drug-likeness (QED) is 0.839. The minimum absolute atomic E-state index is 0.266. The lowest BCUT2D eigenvalue weighted by atomic mass is 9.81. The predicted molar refractivity (Wildman–Crippen MR) is 83.9 cm³/mol. The lowest BCUT2D eigenvalue weighted by molar-refractivity contribution is 0.124. The van der Waals surface area contributed by atoms with Crippen LogP contribution in [0.1, 0.15) is 66.0 Å². The van der Waals surface area contributed by atoms with Crippen LogP contribution in [0.2, 0.25) is 0 Å². The first-order valence-electron chi connectivity index (χ1n) is 8.22. The summed E-state index contributed by atoms with van der Waals surface area (Å²) in [6.07, 6.45) is 6.36. The molecule has 0 radical (unpaired) electrons. The molecule has 2 fully saturated rings. The molecule has 1 aromatic rings. The largest absolute Gasteiger partial charge is 0.388 e. The van der Waals surface area contributed by atoms with Gasteiger partial charge in [-0.25, -0.2) is 0 Å². The molecule has 2 aliphatic rings. The molecule has 2 saturated carbocycles. The Morgan fingerprint density at radius 1 is 1.05 bits per heavy atom. The number of fused-ring (bicyclic) bond motifs is 2. The van der Waals surface area contributed by atoms with E-state index in [1.165, 1.54) is 53.5 Å². The van der Waals surface area contributed by atoms with Crippen LogP contribution < -0.4 is 0 Å². The van der Waals surface area contributed by atoms with Crippen molar-refractivity contribution in [3.63, 3.8) is 0 Å². The second kappa shape index (κ2) is 5.18. The fraction of sp³-hybridized carbons (Fsp3) is 0.684. The van der Waals surface area contributed by atoms with Crippen molar-refractivity contribution in [3.8, 4) is 0 Å². The smallest absolute Gasteiger partial charge is 0.0798 e. The zero-order valence-electron chi connectivity index (χ0n) is 13.4. The molecule has 1 aromatic carbocycles. The number of aliphatic hydroxyl groups is 1. The highest BCUT2D eigenvalue weighted by Crippen LogP contribution is 2.51. The zero-order chi connectivity index (χ0) is 14.4. The number of rotatable bonds is 3. The highest BCUT2D eigenvalue weighted by Gasteiger charge is 2.40. The summed E-state index contributed by atoms with van der Waals surface area (Å²) in [5, 5.41) is 10.8. The lowest BCUT2D eigenvalue weighted by Crippen LogP contribution is -2.16. The molecule has 0 saturated heterocycles. The molecule has 4 atom stereocenters. The van der Waals surface area contributed by atoms with Crippen molar-refractivity contribution in [1.29, 1.82) is 0 Å². The Labute approximate surface area is 123 Å². The third-order valence-corrected chi connectivity index (χ3v) is 6.17. The van der Waals surface area contributed by atoms with Gasteiger partial charge in [0.25, 0.3) is 0 Å². The molecule has 1 nitrogen and oxygen atoms in total. The molecule has 110 valence electrons. The van der Waals surface area contributed by atoms with Crippen LogP contribution in [0.4, 0.5) is 0 Å². The first-order valence-corrected chi connectivity index (χ1v) is 8.22. The highest BCUT2D eigenvalue weighted by molar-refractivity contribution is 5.45. The van der Waals surface area contributed by atoms with E-state index in [0.29, 0.717) is 0 Å². The Morgan fingerprint density at radius 2 is 1.70 bits per heavy atom. The van der Waals surface area contributed by atoms with Crippen LogP contribution >= 0.6 is 0 Å². The molecule has 2 bridgehead atoms. The van der Waals surface area contributed by atoms with Gasteiger partial charge in [-0.15, -0.1) is 0 Å². The van der Waals surface area contributed by atoms with E-state index in [2.05, 4.69) is 33.8 Å². The molecule has 0 aliphatic heterocycles. The van der Waals surface area contributed by atoms with Crippen LogP contribution in [-0.2, 0) is 0 Å². The molecule has 3 rings (SSSR count). The van der Waals surface area contributed by atoms with Gasteiger partial charge < -0.3 is 5.11 Å². The summed E-state index contributed by atoms with van der Waals surface area (Å²) in [4.78, 5) is 0. The van der Waals surface area contributed by atoms with Crippen molar-refractivity contribution in [2.75, 3.05) is 0 Å². The number of aliphatic hydroxyl groups excluding tert-OH is 1. The average Bonchev–Trinajstić information content (AvgIpc) is 2.99. The van der Waals surface area contributed by atoms with E-state index in [1.54, 1.807) is 0 Å². The number of hydrogen-bond acceptors (Lipinski definition) is 1. The van der Waals surface area contributed by atoms with E-state index in [1.807, 2.05) is 0 Å². The summed E-state index contributed by atoms with van der Waals surface area (Å²) in [5.74, 6) is 2.64. The third-order valence-electron chi connectivity index (χ3n) is 6.17. The van der Waals surface area contributed by atoms with Gasteiger partial charge in [-0.3, -0.25) is 0 Å².